The van der Waals surface area contributed by atoms with Gasteiger partial charge in [0.25, 0.3) is 0 Å². The normalized spacial score (nSPS) is 11.1. The van der Waals surface area contributed by atoms with E-state index in [1.165, 1.54) is 29.4 Å². The molecule has 0 fully saturated rings. The van der Waals surface area contributed by atoms with Crippen LogP contribution in [0.4, 0.5) is 14.7 Å². The molecule has 0 radical (unpaired) electrons. The largest absolute Gasteiger partial charge is 0.447 e. The summed E-state index contributed by atoms with van der Waals surface area (Å²) in [6.45, 7) is 0. The van der Waals surface area contributed by atoms with Gasteiger partial charge in [0.1, 0.15) is 23.7 Å². The molecule has 158 valence electrons. The number of hydrogen-bond acceptors (Lipinski definition) is 5. The second kappa shape index (κ2) is 7.90. The molecule has 0 atom stereocenters. The molecule has 32 heavy (non-hydrogen) atoms. The number of nitrogens with zero attached hydrogens (tertiary/aromatic N) is 3. The van der Waals surface area contributed by atoms with Crippen molar-refractivity contribution in [3.63, 3.8) is 0 Å². The second-order valence-corrected chi connectivity index (χ2v) is 7.25. The highest BCUT2D eigenvalue weighted by atomic mass is 35.5. The number of benzene rings is 2. The summed E-state index contributed by atoms with van der Waals surface area (Å²) in [7, 11) is 0. The van der Waals surface area contributed by atoms with Crippen molar-refractivity contribution in [3.8, 4) is 11.1 Å². The third-order valence-electron chi connectivity index (χ3n) is 4.93. The molecule has 0 bridgehead atoms. The van der Waals surface area contributed by atoms with Gasteiger partial charge in [0.2, 0.25) is 11.7 Å². The van der Waals surface area contributed by atoms with Crippen LogP contribution in [0.25, 0.3) is 22.2 Å². The molecule has 0 saturated carbocycles. The van der Waals surface area contributed by atoms with Gasteiger partial charge in [-0.2, -0.15) is 0 Å². The minimum atomic E-state index is -0.749. The van der Waals surface area contributed by atoms with Crippen molar-refractivity contribution in [3.05, 3.63) is 101 Å². The van der Waals surface area contributed by atoms with Crippen molar-refractivity contribution < 1.29 is 18.0 Å². The van der Waals surface area contributed by atoms with E-state index in [1.54, 1.807) is 36.5 Å². The minimum absolute atomic E-state index is 0.0262. The maximum Gasteiger partial charge on any atom is 0.219 e. The van der Waals surface area contributed by atoms with Crippen LogP contribution in [0.5, 0.6) is 0 Å². The van der Waals surface area contributed by atoms with Crippen LogP contribution in [0.15, 0.2) is 77.8 Å². The fourth-order valence-corrected chi connectivity index (χ4v) is 3.68. The summed E-state index contributed by atoms with van der Waals surface area (Å²) >= 11 is 6.22. The van der Waals surface area contributed by atoms with Crippen LogP contribution < -0.4 is 5.43 Å². The van der Waals surface area contributed by atoms with Gasteiger partial charge in [-0.1, -0.05) is 29.8 Å². The Hall–Kier alpha value is -4.04. The highest BCUT2D eigenvalue weighted by molar-refractivity contribution is 6.35. The van der Waals surface area contributed by atoms with Crippen molar-refractivity contribution >= 4 is 34.3 Å². The maximum atomic E-state index is 14.4. The van der Waals surface area contributed by atoms with E-state index >= 15 is 0 Å². The average Bonchev–Trinajstić information content (AvgIpc) is 3.39. The standard InChI is InChI=1S/C23H13ClF2N4O2/c24-16-5-2-1-4-14(16)21(31)19-10-13-11-27-12-28-22(13)30(19)29-23-15(8-9-32-23)20-17(25)6-3-7-18(20)26/h1-12,29H. The van der Waals surface area contributed by atoms with Crippen molar-refractivity contribution in [1.82, 2.24) is 14.6 Å². The van der Waals surface area contributed by atoms with E-state index in [1.807, 2.05) is 0 Å². The molecule has 9 heteroatoms. The summed E-state index contributed by atoms with van der Waals surface area (Å²) in [5, 5.41) is 0.855. The molecule has 3 heterocycles. The Labute approximate surface area is 185 Å². The molecule has 0 spiro atoms. The molecule has 0 aliphatic heterocycles. The van der Waals surface area contributed by atoms with E-state index in [4.69, 9.17) is 16.0 Å². The molecule has 1 N–H and O–H groups in total. The third-order valence-corrected chi connectivity index (χ3v) is 5.25. The molecule has 2 aromatic carbocycles. The Kier molecular flexibility index (Phi) is 4.91. The Balaban J connectivity index is 1.66. The molecule has 0 aliphatic carbocycles. The fraction of sp³-hybridized carbons (Fsp3) is 0. The quantitative estimate of drug-likeness (QED) is 0.346. The zero-order chi connectivity index (χ0) is 22.2. The van der Waals surface area contributed by atoms with E-state index in [-0.39, 0.29) is 39.1 Å². The molecule has 0 aliphatic rings. The number of hydrogen-bond donors (Lipinski definition) is 1. The Morgan fingerprint density at radius 2 is 1.84 bits per heavy atom. The van der Waals surface area contributed by atoms with Gasteiger partial charge >= 0.3 is 0 Å². The highest BCUT2D eigenvalue weighted by Crippen LogP contribution is 2.34. The van der Waals surface area contributed by atoms with E-state index < -0.39 is 11.6 Å². The molecular formula is C23H13ClF2N4O2. The van der Waals surface area contributed by atoms with Crippen LogP contribution in [0, 0.1) is 11.6 Å². The van der Waals surface area contributed by atoms with Gasteiger partial charge in [-0.15, -0.1) is 0 Å². The van der Waals surface area contributed by atoms with E-state index in [2.05, 4.69) is 15.4 Å². The van der Waals surface area contributed by atoms with Gasteiger partial charge in [0.15, 0.2) is 5.65 Å². The van der Waals surface area contributed by atoms with Crippen LogP contribution in [0.1, 0.15) is 16.1 Å². The molecule has 0 amide bonds. The summed E-state index contributed by atoms with van der Waals surface area (Å²) in [6.07, 6.45) is 4.16. The summed E-state index contributed by atoms with van der Waals surface area (Å²) in [4.78, 5) is 21.5. The van der Waals surface area contributed by atoms with E-state index in [9.17, 15) is 13.6 Å². The van der Waals surface area contributed by atoms with E-state index in [0.29, 0.717) is 11.0 Å². The number of carbonyl (C=O) groups excluding carboxylic acids is 1. The lowest BCUT2D eigenvalue weighted by molar-refractivity contribution is 0.103. The first kappa shape index (κ1) is 19.9. The van der Waals surface area contributed by atoms with Gasteiger partial charge in [0, 0.05) is 17.1 Å². The van der Waals surface area contributed by atoms with Gasteiger partial charge in [0.05, 0.1) is 22.4 Å². The van der Waals surface area contributed by atoms with Crippen molar-refractivity contribution in [1.29, 1.82) is 0 Å². The lowest BCUT2D eigenvalue weighted by Gasteiger charge is -2.13. The number of fused-ring (bicyclic) bond motifs is 1. The number of nitrogens with one attached hydrogen (secondary N) is 1. The Morgan fingerprint density at radius 3 is 2.62 bits per heavy atom. The molecule has 5 rings (SSSR count). The zero-order valence-corrected chi connectivity index (χ0v) is 17.0. The van der Waals surface area contributed by atoms with Crippen molar-refractivity contribution in [2.45, 2.75) is 0 Å². The van der Waals surface area contributed by atoms with Crippen LogP contribution >= 0.6 is 11.6 Å². The minimum Gasteiger partial charge on any atom is -0.447 e. The SMILES string of the molecule is O=C(c1ccccc1Cl)c1cc2cncnc2n1Nc1occc1-c1c(F)cccc1F. The summed E-state index contributed by atoms with van der Waals surface area (Å²) in [5.41, 5.74) is 3.66. The van der Waals surface area contributed by atoms with Gasteiger partial charge in [-0.3, -0.25) is 10.2 Å². The predicted octanol–water partition coefficient (Wildman–Crippen LogP) is 5.73. The van der Waals surface area contributed by atoms with Gasteiger partial charge in [-0.05, 0) is 36.4 Å². The Morgan fingerprint density at radius 1 is 1.06 bits per heavy atom. The molecule has 0 saturated heterocycles. The monoisotopic (exact) mass is 450 g/mol. The molecule has 0 unspecified atom stereocenters. The second-order valence-electron chi connectivity index (χ2n) is 6.85. The molecule has 5 aromatic rings. The first-order chi connectivity index (χ1) is 15.5. The number of ketones is 1. The van der Waals surface area contributed by atoms with Gasteiger partial charge in [-0.25, -0.2) is 23.4 Å². The molecular weight excluding hydrogens is 438 g/mol. The number of halogens is 3. The number of furan rings is 1. The summed E-state index contributed by atoms with van der Waals surface area (Å²) in [6, 6.07) is 13.2. The highest BCUT2D eigenvalue weighted by Gasteiger charge is 2.23. The third kappa shape index (κ3) is 3.30. The van der Waals surface area contributed by atoms with Crippen molar-refractivity contribution in [2.75, 3.05) is 5.43 Å². The number of aromatic nitrogens is 3. The molecule has 6 nitrogen and oxygen atoms in total. The molecule has 3 aromatic heterocycles. The zero-order valence-electron chi connectivity index (χ0n) is 16.2. The van der Waals surface area contributed by atoms with E-state index in [0.717, 1.165) is 12.1 Å². The van der Waals surface area contributed by atoms with Crippen LogP contribution in [0.3, 0.4) is 0 Å². The first-order valence-corrected chi connectivity index (χ1v) is 9.82. The Bertz CT molecular complexity index is 1460. The lowest BCUT2D eigenvalue weighted by Crippen LogP contribution is -2.17. The number of rotatable bonds is 5. The number of anilines is 1. The van der Waals surface area contributed by atoms with Crippen LogP contribution in [-0.2, 0) is 0 Å². The van der Waals surface area contributed by atoms with Crippen LogP contribution in [0.2, 0.25) is 5.02 Å². The first-order valence-electron chi connectivity index (χ1n) is 9.44. The maximum absolute atomic E-state index is 14.4. The average molecular weight is 451 g/mol. The summed E-state index contributed by atoms with van der Waals surface area (Å²) in [5.74, 6) is -1.85. The van der Waals surface area contributed by atoms with Crippen molar-refractivity contribution in [2.24, 2.45) is 0 Å². The number of carbonyl (C=O) groups is 1. The van der Waals surface area contributed by atoms with Gasteiger partial charge < -0.3 is 4.42 Å². The predicted molar refractivity (Wildman–Crippen MR) is 115 cm³/mol. The topological polar surface area (TPSA) is 73.0 Å². The fourth-order valence-electron chi connectivity index (χ4n) is 3.46. The van der Waals surface area contributed by atoms with Crippen LogP contribution in [-0.4, -0.2) is 20.4 Å². The summed E-state index contributed by atoms with van der Waals surface area (Å²) < 4.78 is 35.6. The lowest BCUT2D eigenvalue weighted by atomic mass is 10.1. The smallest absolute Gasteiger partial charge is 0.219 e.